The molecule has 0 bridgehead atoms. The van der Waals surface area contributed by atoms with Crippen LogP contribution in [0.25, 0.3) is 17.0 Å². The quantitative estimate of drug-likeness (QED) is 0.653. The second-order valence-corrected chi connectivity index (χ2v) is 3.85. The molecule has 3 aromatic rings. The Morgan fingerprint density at radius 2 is 2.00 bits per heavy atom. The molecule has 5 nitrogen and oxygen atoms in total. The second kappa shape index (κ2) is 3.86. The Labute approximate surface area is 103 Å². The molecule has 1 aromatic carbocycles. The number of nitrogens with two attached hydrogens (primary N) is 1. The number of nitrogens with zero attached hydrogens (tertiary/aromatic N) is 4. The van der Waals surface area contributed by atoms with E-state index >= 15 is 0 Å². The van der Waals surface area contributed by atoms with Crippen molar-refractivity contribution in [3.8, 4) is 17.5 Å². The van der Waals surface area contributed by atoms with Crippen molar-refractivity contribution in [3.05, 3.63) is 48.2 Å². The van der Waals surface area contributed by atoms with Gasteiger partial charge in [0.1, 0.15) is 11.8 Å². The topological polar surface area (TPSA) is 80.0 Å². The van der Waals surface area contributed by atoms with Crippen LogP contribution in [0.2, 0.25) is 0 Å². The first-order chi connectivity index (χ1) is 8.78. The number of hydrogen-bond acceptors (Lipinski definition) is 4. The Bertz CT molecular complexity index is 766. The van der Waals surface area contributed by atoms with E-state index in [1.807, 2.05) is 18.2 Å². The molecule has 2 heterocycles. The number of pyridine rings is 1. The zero-order valence-corrected chi connectivity index (χ0v) is 9.41. The predicted molar refractivity (Wildman–Crippen MR) is 67.6 cm³/mol. The van der Waals surface area contributed by atoms with Gasteiger partial charge < -0.3 is 5.73 Å². The van der Waals surface area contributed by atoms with Crippen LogP contribution in [0.5, 0.6) is 0 Å². The van der Waals surface area contributed by atoms with Crippen LogP contribution in [0.1, 0.15) is 5.69 Å². The van der Waals surface area contributed by atoms with Crippen molar-refractivity contribution >= 4 is 11.3 Å². The minimum atomic E-state index is 0.454. The van der Waals surface area contributed by atoms with Gasteiger partial charge in [-0.2, -0.15) is 5.26 Å². The number of nitrogen functional groups attached to an aromatic ring is 1. The van der Waals surface area contributed by atoms with Crippen molar-refractivity contribution in [1.82, 2.24) is 14.6 Å². The molecule has 0 aliphatic rings. The summed E-state index contributed by atoms with van der Waals surface area (Å²) >= 11 is 0. The molecule has 86 valence electrons. The Hall–Kier alpha value is -2.87. The van der Waals surface area contributed by atoms with E-state index in [4.69, 9.17) is 11.0 Å². The molecule has 0 radical (unpaired) electrons. The van der Waals surface area contributed by atoms with Crippen LogP contribution in [0.4, 0.5) is 5.69 Å². The average Bonchev–Trinajstić information content (AvgIpc) is 2.82. The molecule has 0 atom stereocenters. The van der Waals surface area contributed by atoms with Gasteiger partial charge in [0, 0.05) is 11.3 Å². The van der Waals surface area contributed by atoms with Gasteiger partial charge >= 0.3 is 0 Å². The highest BCUT2D eigenvalue weighted by molar-refractivity contribution is 5.63. The molecule has 18 heavy (non-hydrogen) atoms. The van der Waals surface area contributed by atoms with Crippen LogP contribution in [0, 0.1) is 11.3 Å². The van der Waals surface area contributed by atoms with E-state index in [-0.39, 0.29) is 0 Å². The van der Waals surface area contributed by atoms with Gasteiger partial charge in [0.05, 0.1) is 0 Å². The number of rotatable bonds is 1. The lowest BCUT2D eigenvalue weighted by Crippen LogP contribution is -1.93. The van der Waals surface area contributed by atoms with E-state index in [1.165, 1.54) is 4.52 Å². The van der Waals surface area contributed by atoms with E-state index in [2.05, 4.69) is 16.2 Å². The van der Waals surface area contributed by atoms with Crippen molar-refractivity contribution < 1.29 is 0 Å². The number of hydrogen-bond donors (Lipinski definition) is 1. The molecule has 3 rings (SSSR count). The lowest BCUT2D eigenvalue weighted by atomic mass is 10.2. The van der Waals surface area contributed by atoms with Crippen LogP contribution >= 0.6 is 0 Å². The minimum Gasteiger partial charge on any atom is -0.399 e. The SMILES string of the molecule is N#Cc1cccc2nc(-c3cccc(N)c3)nn12. The van der Waals surface area contributed by atoms with Crippen LogP contribution in [0.3, 0.4) is 0 Å². The lowest BCUT2D eigenvalue weighted by Gasteiger charge is -1.96. The summed E-state index contributed by atoms with van der Waals surface area (Å²) in [6, 6.07) is 14.7. The predicted octanol–water partition coefficient (Wildman–Crippen LogP) is 1.85. The first-order valence-electron chi connectivity index (χ1n) is 5.40. The number of nitriles is 1. The summed E-state index contributed by atoms with van der Waals surface area (Å²) in [5.74, 6) is 0.560. The first kappa shape index (κ1) is 10.3. The van der Waals surface area contributed by atoms with Gasteiger partial charge in [-0.05, 0) is 24.3 Å². The Morgan fingerprint density at radius 1 is 1.17 bits per heavy atom. The fourth-order valence-electron chi connectivity index (χ4n) is 1.79. The molecule has 0 amide bonds. The Morgan fingerprint density at radius 3 is 2.78 bits per heavy atom. The molecule has 0 aliphatic heterocycles. The van der Waals surface area contributed by atoms with Crippen molar-refractivity contribution in [2.75, 3.05) is 5.73 Å². The normalized spacial score (nSPS) is 10.4. The zero-order chi connectivity index (χ0) is 12.5. The van der Waals surface area contributed by atoms with E-state index in [9.17, 15) is 0 Å². The van der Waals surface area contributed by atoms with E-state index in [0.29, 0.717) is 22.9 Å². The highest BCUT2D eigenvalue weighted by Crippen LogP contribution is 2.19. The smallest absolute Gasteiger partial charge is 0.182 e. The summed E-state index contributed by atoms with van der Waals surface area (Å²) < 4.78 is 1.53. The zero-order valence-electron chi connectivity index (χ0n) is 9.41. The Kier molecular flexibility index (Phi) is 2.21. The highest BCUT2D eigenvalue weighted by Gasteiger charge is 2.08. The van der Waals surface area contributed by atoms with Crippen molar-refractivity contribution in [2.24, 2.45) is 0 Å². The van der Waals surface area contributed by atoms with E-state index < -0.39 is 0 Å². The van der Waals surface area contributed by atoms with Crippen LogP contribution in [-0.4, -0.2) is 14.6 Å². The maximum Gasteiger partial charge on any atom is 0.182 e. The number of fused-ring (bicyclic) bond motifs is 1. The summed E-state index contributed by atoms with van der Waals surface area (Å²) in [5.41, 5.74) is 8.33. The van der Waals surface area contributed by atoms with Crippen LogP contribution in [-0.2, 0) is 0 Å². The van der Waals surface area contributed by atoms with Gasteiger partial charge in [0.15, 0.2) is 11.5 Å². The molecule has 2 aromatic heterocycles. The molecular formula is C13H9N5. The average molecular weight is 235 g/mol. The van der Waals surface area contributed by atoms with Gasteiger partial charge in [-0.1, -0.05) is 18.2 Å². The maximum atomic E-state index is 9.00. The standard InChI is InChI=1S/C13H9N5/c14-8-11-5-2-6-12-16-13(17-18(11)12)9-3-1-4-10(15)7-9/h1-7H,15H2. The fraction of sp³-hybridized carbons (Fsp3) is 0. The van der Waals surface area contributed by atoms with Crippen molar-refractivity contribution in [1.29, 1.82) is 5.26 Å². The van der Waals surface area contributed by atoms with Gasteiger partial charge in [-0.15, -0.1) is 5.10 Å². The second-order valence-electron chi connectivity index (χ2n) is 3.85. The van der Waals surface area contributed by atoms with Crippen molar-refractivity contribution in [2.45, 2.75) is 0 Å². The fourth-order valence-corrected chi connectivity index (χ4v) is 1.79. The summed E-state index contributed by atoms with van der Waals surface area (Å²) in [6.07, 6.45) is 0. The summed E-state index contributed by atoms with van der Waals surface area (Å²) in [7, 11) is 0. The van der Waals surface area contributed by atoms with Gasteiger partial charge in [0.25, 0.3) is 0 Å². The molecular weight excluding hydrogens is 226 g/mol. The summed E-state index contributed by atoms with van der Waals surface area (Å²) in [6.45, 7) is 0. The van der Waals surface area contributed by atoms with E-state index in [1.54, 1.807) is 24.3 Å². The molecule has 5 heteroatoms. The van der Waals surface area contributed by atoms with Gasteiger partial charge in [-0.25, -0.2) is 9.50 Å². The highest BCUT2D eigenvalue weighted by atomic mass is 15.3. The molecule has 0 unspecified atom stereocenters. The molecule has 0 fully saturated rings. The van der Waals surface area contributed by atoms with Crippen molar-refractivity contribution in [3.63, 3.8) is 0 Å². The first-order valence-corrected chi connectivity index (χ1v) is 5.40. The van der Waals surface area contributed by atoms with E-state index in [0.717, 1.165) is 5.56 Å². The maximum absolute atomic E-state index is 9.00. The third-order valence-corrected chi connectivity index (χ3v) is 2.62. The van der Waals surface area contributed by atoms with Gasteiger partial charge in [-0.3, -0.25) is 0 Å². The van der Waals surface area contributed by atoms with Gasteiger partial charge in [0.2, 0.25) is 0 Å². The summed E-state index contributed by atoms with van der Waals surface area (Å²) in [5, 5.41) is 13.3. The summed E-state index contributed by atoms with van der Waals surface area (Å²) in [4.78, 5) is 4.38. The molecule has 2 N–H and O–H groups in total. The van der Waals surface area contributed by atoms with Crippen LogP contribution < -0.4 is 5.73 Å². The molecule has 0 saturated heterocycles. The Balaban J connectivity index is 2.23. The molecule has 0 saturated carbocycles. The lowest BCUT2D eigenvalue weighted by molar-refractivity contribution is 0.945. The molecule has 0 spiro atoms. The molecule has 0 aliphatic carbocycles. The monoisotopic (exact) mass is 235 g/mol. The largest absolute Gasteiger partial charge is 0.399 e. The minimum absolute atomic E-state index is 0.454. The third-order valence-electron chi connectivity index (χ3n) is 2.62. The number of anilines is 1. The third kappa shape index (κ3) is 1.57. The number of aromatic nitrogens is 3. The van der Waals surface area contributed by atoms with Crippen LogP contribution in [0.15, 0.2) is 42.5 Å². The number of benzene rings is 1.